The molecule has 6 heteroatoms. The summed E-state index contributed by atoms with van der Waals surface area (Å²) in [7, 11) is 0. The number of hydrogen-bond donors (Lipinski definition) is 0. The first kappa shape index (κ1) is 18.4. The van der Waals surface area contributed by atoms with E-state index in [0.29, 0.717) is 22.1 Å². The van der Waals surface area contributed by atoms with Crippen LogP contribution in [-0.4, -0.2) is 17.1 Å². The highest BCUT2D eigenvalue weighted by molar-refractivity contribution is 7.16. The molecule has 26 heavy (non-hydrogen) atoms. The molecule has 0 fully saturated rings. The molecule has 0 radical (unpaired) electrons. The molecule has 1 heterocycles. The number of ether oxygens (including phenoxy) is 1. The number of halogens is 1. The number of allylic oxidation sites excluding steroid dienone is 1. The van der Waals surface area contributed by atoms with Crippen molar-refractivity contribution in [3.63, 3.8) is 0 Å². The van der Waals surface area contributed by atoms with Crippen LogP contribution in [0.5, 0.6) is 5.75 Å². The van der Waals surface area contributed by atoms with Crippen molar-refractivity contribution in [3.05, 3.63) is 70.5 Å². The van der Waals surface area contributed by atoms with E-state index in [-0.39, 0.29) is 12.5 Å². The third kappa shape index (κ3) is 4.23. The molecule has 0 aliphatic rings. The number of aryl methyl sites for hydroxylation is 1. The molecular weight excluding hydrogens is 368 g/mol. The lowest BCUT2D eigenvalue weighted by Gasteiger charge is -2.03. The Morgan fingerprint density at radius 1 is 1.31 bits per heavy atom. The maximum Gasteiger partial charge on any atom is 0.286 e. The molecule has 134 valence electrons. The van der Waals surface area contributed by atoms with E-state index in [1.54, 1.807) is 30.3 Å². The minimum atomic E-state index is -0.333. The Labute approximate surface area is 161 Å². The molecule has 3 rings (SSSR count). The third-order valence-corrected chi connectivity index (χ3v) is 5.16. The summed E-state index contributed by atoms with van der Waals surface area (Å²) >= 11 is 7.34. The number of carbonyl (C=O) groups is 1. The second kappa shape index (κ2) is 8.34. The molecule has 0 aliphatic carbocycles. The number of rotatable bonds is 6. The van der Waals surface area contributed by atoms with Gasteiger partial charge >= 0.3 is 0 Å². The standard InChI is InChI=1S/C20H19ClN2O2S/c1-3-11-23-17-10-5-14(4-2)12-18(17)26-20(23)22-19(24)13-25-16-8-6-15(21)7-9-16/h3,5-10,12H,1,4,11,13H2,2H3. The average Bonchev–Trinajstić information content (AvgIpc) is 2.98. The summed E-state index contributed by atoms with van der Waals surface area (Å²) in [6.07, 6.45) is 2.77. The van der Waals surface area contributed by atoms with E-state index in [2.05, 4.69) is 36.7 Å². The number of hydrogen-bond acceptors (Lipinski definition) is 3. The summed E-state index contributed by atoms with van der Waals surface area (Å²) < 4.78 is 8.58. The maximum atomic E-state index is 12.3. The zero-order valence-electron chi connectivity index (χ0n) is 14.4. The predicted molar refractivity (Wildman–Crippen MR) is 107 cm³/mol. The Kier molecular flexibility index (Phi) is 5.91. The maximum absolute atomic E-state index is 12.3. The summed E-state index contributed by atoms with van der Waals surface area (Å²) in [4.78, 5) is 17.2. The Balaban J connectivity index is 1.87. The zero-order chi connectivity index (χ0) is 18.5. The van der Waals surface area contributed by atoms with Crippen molar-refractivity contribution < 1.29 is 9.53 Å². The van der Waals surface area contributed by atoms with Gasteiger partial charge in [-0.2, -0.15) is 4.99 Å². The van der Waals surface area contributed by atoms with E-state index in [1.807, 2.05) is 4.57 Å². The van der Waals surface area contributed by atoms with Gasteiger partial charge in [0.1, 0.15) is 5.75 Å². The molecule has 0 bridgehead atoms. The van der Waals surface area contributed by atoms with Gasteiger partial charge in [-0.3, -0.25) is 4.79 Å². The fourth-order valence-corrected chi connectivity index (χ4v) is 3.79. The van der Waals surface area contributed by atoms with Crippen LogP contribution in [0.25, 0.3) is 10.2 Å². The molecule has 0 saturated heterocycles. The second-order valence-electron chi connectivity index (χ2n) is 5.69. The van der Waals surface area contributed by atoms with E-state index in [9.17, 15) is 4.79 Å². The highest BCUT2D eigenvalue weighted by Crippen LogP contribution is 2.20. The number of fused-ring (bicyclic) bond motifs is 1. The van der Waals surface area contributed by atoms with Gasteiger partial charge in [0.15, 0.2) is 11.4 Å². The third-order valence-electron chi connectivity index (χ3n) is 3.86. The summed E-state index contributed by atoms with van der Waals surface area (Å²) in [5.74, 6) is 0.251. The van der Waals surface area contributed by atoms with Gasteiger partial charge in [0.05, 0.1) is 10.2 Å². The smallest absolute Gasteiger partial charge is 0.286 e. The quantitative estimate of drug-likeness (QED) is 0.580. The van der Waals surface area contributed by atoms with Crippen LogP contribution in [-0.2, 0) is 17.8 Å². The SMILES string of the molecule is C=CCn1c(=NC(=O)COc2ccc(Cl)cc2)sc2cc(CC)ccc21. The molecule has 2 aromatic carbocycles. The number of thiazole rings is 1. The van der Waals surface area contributed by atoms with Crippen LogP contribution in [0, 0.1) is 0 Å². The molecule has 0 spiro atoms. The highest BCUT2D eigenvalue weighted by Gasteiger charge is 2.08. The predicted octanol–water partition coefficient (Wildman–Crippen LogP) is 4.61. The van der Waals surface area contributed by atoms with Crippen molar-refractivity contribution in [2.45, 2.75) is 19.9 Å². The van der Waals surface area contributed by atoms with Crippen LogP contribution in [0.2, 0.25) is 5.02 Å². The molecule has 0 atom stereocenters. The number of nitrogens with zero attached hydrogens (tertiary/aromatic N) is 2. The van der Waals surface area contributed by atoms with Gasteiger partial charge in [-0.05, 0) is 48.4 Å². The lowest BCUT2D eigenvalue weighted by Crippen LogP contribution is -2.19. The monoisotopic (exact) mass is 386 g/mol. The molecular formula is C20H19ClN2O2S. The normalized spacial score (nSPS) is 11.7. The summed E-state index contributed by atoms with van der Waals surface area (Å²) in [5, 5.41) is 0.621. The van der Waals surface area contributed by atoms with E-state index in [0.717, 1.165) is 16.6 Å². The van der Waals surface area contributed by atoms with Crippen LogP contribution in [0.4, 0.5) is 0 Å². The number of aromatic nitrogens is 1. The lowest BCUT2D eigenvalue weighted by molar-refractivity contribution is -0.120. The highest BCUT2D eigenvalue weighted by atomic mass is 35.5. The van der Waals surface area contributed by atoms with Crippen LogP contribution < -0.4 is 9.54 Å². The summed E-state index contributed by atoms with van der Waals surface area (Å²) in [6, 6.07) is 13.2. The molecule has 0 aliphatic heterocycles. The lowest BCUT2D eigenvalue weighted by atomic mass is 10.2. The van der Waals surface area contributed by atoms with Crippen molar-refractivity contribution in [2.24, 2.45) is 4.99 Å². The minimum absolute atomic E-state index is 0.121. The van der Waals surface area contributed by atoms with Crippen molar-refractivity contribution in [3.8, 4) is 5.75 Å². The topological polar surface area (TPSA) is 43.6 Å². The molecule has 3 aromatic rings. The van der Waals surface area contributed by atoms with Crippen molar-refractivity contribution in [2.75, 3.05) is 6.61 Å². The van der Waals surface area contributed by atoms with Gasteiger partial charge in [-0.1, -0.05) is 42.0 Å². The number of amides is 1. The molecule has 1 amide bonds. The van der Waals surface area contributed by atoms with Gasteiger partial charge in [0.25, 0.3) is 5.91 Å². The van der Waals surface area contributed by atoms with Crippen molar-refractivity contribution >= 4 is 39.1 Å². The van der Waals surface area contributed by atoms with Gasteiger partial charge in [-0.15, -0.1) is 6.58 Å². The largest absolute Gasteiger partial charge is 0.484 e. The first-order valence-electron chi connectivity index (χ1n) is 8.29. The van der Waals surface area contributed by atoms with Crippen LogP contribution >= 0.6 is 22.9 Å². The summed E-state index contributed by atoms with van der Waals surface area (Å²) in [5.41, 5.74) is 2.31. The van der Waals surface area contributed by atoms with Gasteiger partial charge in [0, 0.05) is 11.6 Å². The van der Waals surface area contributed by atoms with E-state index < -0.39 is 0 Å². The Morgan fingerprint density at radius 3 is 2.77 bits per heavy atom. The number of benzene rings is 2. The van der Waals surface area contributed by atoms with Crippen molar-refractivity contribution in [1.82, 2.24) is 4.57 Å². The van der Waals surface area contributed by atoms with E-state index >= 15 is 0 Å². The fraction of sp³-hybridized carbons (Fsp3) is 0.200. The summed E-state index contributed by atoms with van der Waals surface area (Å²) in [6.45, 7) is 6.39. The number of carbonyl (C=O) groups excluding carboxylic acids is 1. The minimum Gasteiger partial charge on any atom is -0.484 e. The van der Waals surface area contributed by atoms with E-state index in [4.69, 9.17) is 16.3 Å². The Morgan fingerprint density at radius 2 is 2.08 bits per heavy atom. The average molecular weight is 387 g/mol. The van der Waals surface area contributed by atoms with Crippen LogP contribution in [0.15, 0.2) is 60.1 Å². The second-order valence-corrected chi connectivity index (χ2v) is 7.13. The van der Waals surface area contributed by atoms with E-state index in [1.165, 1.54) is 16.9 Å². The molecule has 0 saturated carbocycles. The molecule has 0 unspecified atom stereocenters. The van der Waals surface area contributed by atoms with Gasteiger partial charge in [-0.25, -0.2) is 0 Å². The Hall–Kier alpha value is -2.37. The first-order valence-corrected chi connectivity index (χ1v) is 9.49. The molecule has 4 nitrogen and oxygen atoms in total. The van der Waals surface area contributed by atoms with Gasteiger partial charge < -0.3 is 9.30 Å². The van der Waals surface area contributed by atoms with Gasteiger partial charge in [0.2, 0.25) is 0 Å². The van der Waals surface area contributed by atoms with Crippen LogP contribution in [0.3, 0.4) is 0 Å². The molecule has 0 N–H and O–H groups in total. The van der Waals surface area contributed by atoms with Crippen LogP contribution in [0.1, 0.15) is 12.5 Å². The van der Waals surface area contributed by atoms with Crippen molar-refractivity contribution in [1.29, 1.82) is 0 Å². The zero-order valence-corrected chi connectivity index (χ0v) is 16.0. The Bertz CT molecular complexity index is 1000. The first-order chi connectivity index (χ1) is 12.6. The fourth-order valence-electron chi connectivity index (χ4n) is 2.54. The molecule has 1 aromatic heterocycles.